The van der Waals surface area contributed by atoms with Crippen molar-refractivity contribution in [2.45, 2.75) is 50.8 Å². The van der Waals surface area contributed by atoms with Crippen LogP contribution in [0.2, 0.25) is 0 Å². The van der Waals surface area contributed by atoms with Crippen LogP contribution in [0.4, 0.5) is 0 Å². The maximum Gasteiger partial charge on any atom is 0.252 e. The van der Waals surface area contributed by atoms with Crippen LogP contribution in [0, 0.1) is 0 Å². The van der Waals surface area contributed by atoms with Crippen LogP contribution in [0.3, 0.4) is 0 Å². The lowest BCUT2D eigenvalue weighted by Gasteiger charge is -2.31. The molecule has 0 radical (unpaired) electrons. The molecule has 2 saturated heterocycles. The molecule has 2 aliphatic heterocycles. The first-order valence-corrected chi connectivity index (χ1v) is 8.01. The summed E-state index contributed by atoms with van der Waals surface area (Å²) in [7, 11) is 0. The number of carbonyl (C=O) groups is 1. The molecule has 3 rings (SSSR count). The fourth-order valence-electron chi connectivity index (χ4n) is 3.52. The second kappa shape index (κ2) is 6.58. The van der Waals surface area contributed by atoms with E-state index >= 15 is 0 Å². The predicted octanol–water partition coefficient (Wildman–Crippen LogP) is 2.38. The zero-order valence-electron chi connectivity index (χ0n) is 12.5. The minimum Gasteiger partial charge on any atom is -0.368 e. The number of carbonyl (C=O) groups excluding carboxylic acids is 1. The Hall–Kier alpha value is -1.39. The molecule has 1 aromatic rings. The van der Waals surface area contributed by atoms with Crippen molar-refractivity contribution >= 4 is 5.91 Å². The number of hydrogen-bond donors (Lipinski definition) is 1. The van der Waals surface area contributed by atoms with Gasteiger partial charge in [0.05, 0.1) is 6.04 Å². The molecule has 21 heavy (non-hydrogen) atoms. The average molecular weight is 288 g/mol. The molecule has 1 unspecified atom stereocenters. The van der Waals surface area contributed by atoms with E-state index in [0.29, 0.717) is 13.2 Å². The number of likely N-dealkylation sites (tertiary alicyclic amines) is 1. The molecule has 1 amide bonds. The molecule has 0 saturated carbocycles. The van der Waals surface area contributed by atoms with E-state index in [1.54, 1.807) is 0 Å². The third-order valence-electron chi connectivity index (χ3n) is 4.63. The van der Waals surface area contributed by atoms with Crippen molar-refractivity contribution in [2.24, 2.45) is 5.73 Å². The Kier molecular flexibility index (Phi) is 4.56. The third-order valence-corrected chi connectivity index (χ3v) is 4.63. The zero-order valence-corrected chi connectivity index (χ0v) is 12.5. The first-order chi connectivity index (χ1) is 10.3. The summed E-state index contributed by atoms with van der Waals surface area (Å²) in [4.78, 5) is 14.8. The molecule has 2 heterocycles. The van der Waals surface area contributed by atoms with Gasteiger partial charge in [0.1, 0.15) is 6.10 Å². The lowest BCUT2D eigenvalue weighted by atomic mass is 9.97. The molecule has 0 aliphatic carbocycles. The Balaban J connectivity index is 1.80. The highest BCUT2D eigenvalue weighted by Gasteiger charge is 2.35. The molecular weight excluding hydrogens is 264 g/mol. The molecule has 0 spiro atoms. The van der Waals surface area contributed by atoms with Gasteiger partial charge in [0.15, 0.2) is 0 Å². The predicted molar refractivity (Wildman–Crippen MR) is 81.6 cm³/mol. The normalized spacial score (nSPS) is 26.0. The molecule has 0 bridgehead atoms. The van der Waals surface area contributed by atoms with Crippen molar-refractivity contribution in [1.29, 1.82) is 0 Å². The molecule has 4 nitrogen and oxygen atoms in total. The van der Waals surface area contributed by atoms with Gasteiger partial charge in [-0.3, -0.25) is 4.79 Å². The topological polar surface area (TPSA) is 55.6 Å². The minimum absolute atomic E-state index is 0.169. The fraction of sp³-hybridized carbons (Fsp3) is 0.588. The van der Waals surface area contributed by atoms with Gasteiger partial charge >= 0.3 is 0 Å². The number of amides is 1. The van der Waals surface area contributed by atoms with Crippen molar-refractivity contribution in [3.05, 3.63) is 35.4 Å². The summed E-state index contributed by atoms with van der Waals surface area (Å²) in [5.74, 6) is 0.170. The Morgan fingerprint density at radius 1 is 1.24 bits per heavy atom. The number of ether oxygens (including phenoxy) is 1. The number of benzene rings is 1. The standard InChI is InChI=1S/C17H24N2O2/c18-12-13-6-1-2-7-14(13)15-8-5-10-19(15)17(20)16-9-3-4-11-21-16/h1-2,6-7,15-16H,3-5,8-12,18H2/t15?,16-/m0/s1. The van der Waals surface area contributed by atoms with E-state index < -0.39 is 0 Å². The van der Waals surface area contributed by atoms with Gasteiger partial charge in [0.2, 0.25) is 0 Å². The van der Waals surface area contributed by atoms with Crippen LogP contribution in [-0.4, -0.2) is 30.1 Å². The number of hydrogen-bond acceptors (Lipinski definition) is 3. The number of nitrogens with two attached hydrogens (primary N) is 1. The molecule has 4 heteroatoms. The summed E-state index contributed by atoms with van der Waals surface area (Å²) in [6, 6.07) is 8.39. The summed E-state index contributed by atoms with van der Waals surface area (Å²) in [5.41, 5.74) is 8.21. The van der Waals surface area contributed by atoms with Gasteiger partial charge in [-0.2, -0.15) is 0 Å². The number of rotatable bonds is 3. The number of nitrogens with zero attached hydrogens (tertiary/aromatic N) is 1. The average Bonchev–Trinajstić information content (AvgIpc) is 3.04. The molecule has 2 atom stereocenters. The lowest BCUT2D eigenvalue weighted by Crippen LogP contribution is -2.41. The summed E-state index contributed by atoms with van der Waals surface area (Å²) >= 11 is 0. The van der Waals surface area contributed by atoms with Crippen LogP contribution in [0.5, 0.6) is 0 Å². The first-order valence-electron chi connectivity index (χ1n) is 8.01. The van der Waals surface area contributed by atoms with Gasteiger partial charge in [-0.05, 0) is 43.2 Å². The molecule has 0 aromatic heterocycles. The fourth-order valence-corrected chi connectivity index (χ4v) is 3.52. The monoisotopic (exact) mass is 288 g/mol. The van der Waals surface area contributed by atoms with Crippen molar-refractivity contribution in [3.8, 4) is 0 Å². The van der Waals surface area contributed by atoms with Crippen molar-refractivity contribution in [3.63, 3.8) is 0 Å². The Morgan fingerprint density at radius 3 is 2.86 bits per heavy atom. The van der Waals surface area contributed by atoms with E-state index in [4.69, 9.17) is 10.5 Å². The van der Waals surface area contributed by atoms with Crippen LogP contribution < -0.4 is 5.73 Å². The van der Waals surface area contributed by atoms with Crippen LogP contribution >= 0.6 is 0 Å². The quantitative estimate of drug-likeness (QED) is 0.929. The maximum absolute atomic E-state index is 12.8. The van der Waals surface area contributed by atoms with Gasteiger partial charge in [0, 0.05) is 19.7 Å². The molecule has 2 N–H and O–H groups in total. The molecule has 114 valence electrons. The minimum atomic E-state index is -0.232. The van der Waals surface area contributed by atoms with Crippen LogP contribution in [0.15, 0.2) is 24.3 Å². The zero-order chi connectivity index (χ0) is 14.7. The van der Waals surface area contributed by atoms with E-state index in [9.17, 15) is 4.79 Å². The molecule has 1 aromatic carbocycles. The van der Waals surface area contributed by atoms with E-state index in [1.807, 2.05) is 17.0 Å². The maximum atomic E-state index is 12.8. The van der Waals surface area contributed by atoms with Gasteiger partial charge in [0.25, 0.3) is 5.91 Å². The molecule has 2 fully saturated rings. The smallest absolute Gasteiger partial charge is 0.252 e. The highest BCUT2D eigenvalue weighted by molar-refractivity contribution is 5.81. The van der Waals surface area contributed by atoms with Gasteiger partial charge in [-0.15, -0.1) is 0 Å². The SMILES string of the molecule is NCc1ccccc1C1CCCN1C(=O)[C@@H]1CCCCO1. The van der Waals surface area contributed by atoms with E-state index in [1.165, 1.54) is 5.56 Å². The lowest BCUT2D eigenvalue weighted by molar-refractivity contribution is -0.147. The Bertz CT molecular complexity index is 497. The van der Waals surface area contributed by atoms with E-state index in [0.717, 1.165) is 44.2 Å². The third kappa shape index (κ3) is 2.97. The summed E-state index contributed by atoms with van der Waals surface area (Å²) in [6.45, 7) is 2.07. The van der Waals surface area contributed by atoms with Crippen molar-refractivity contribution in [2.75, 3.05) is 13.2 Å². The molecular formula is C17H24N2O2. The highest BCUT2D eigenvalue weighted by atomic mass is 16.5. The highest BCUT2D eigenvalue weighted by Crippen LogP contribution is 2.35. The summed E-state index contributed by atoms with van der Waals surface area (Å²) < 4.78 is 5.68. The van der Waals surface area contributed by atoms with Crippen molar-refractivity contribution in [1.82, 2.24) is 4.90 Å². The van der Waals surface area contributed by atoms with Gasteiger partial charge in [-0.25, -0.2) is 0 Å². The second-order valence-corrected chi connectivity index (χ2v) is 5.95. The van der Waals surface area contributed by atoms with Crippen LogP contribution in [0.1, 0.15) is 49.3 Å². The second-order valence-electron chi connectivity index (χ2n) is 5.95. The summed E-state index contributed by atoms with van der Waals surface area (Å²) in [5, 5.41) is 0. The summed E-state index contributed by atoms with van der Waals surface area (Å²) in [6.07, 6.45) is 4.87. The van der Waals surface area contributed by atoms with Gasteiger partial charge in [-0.1, -0.05) is 24.3 Å². The van der Waals surface area contributed by atoms with Crippen LogP contribution in [0.25, 0.3) is 0 Å². The van der Waals surface area contributed by atoms with E-state index in [2.05, 4.69) is 12.1 Å². The largest absolute Gasteiger partial charge is 0.368 e. The Labute approximate surface area is 126 Å². The van der Waals surface area contributed by atoms with Gasteiger partial charge < -0.3 is 15.4 Å². The van der Waals surface area contributed by atoms with Crippen LogP contribution in [-0.2, 0) is 16.1 Å². The molecule has 2 aliphatic rings. The Morgan fingerprint density at radius 2 is 2.10 bits per heavy atom. The first kappa shape index (κ1) is 14.5. The van der Waals surface area contributed by atoms with E-state index in [-0.39, 0.29) is 18.1 Å². The van der Waals surface area contributed by atoms with Crippen molar-refractivity contribution < 1.29 is 9.53 Å².